The number of aliphatic hydroxyl groups excluding tert-OH is 1. The molecule has 0 rings (SSSR count). The van der Waals surface area contributed by atoms with Crippen molar-refractivity contribution in [1.29, 1.82) is 0 Å². The Morgan fingerprint density at radius 2 is 1.43 bits per heavy atom. The zero-order chi connectivity index (χ0) is 17.3. The summed E-state index contributed by atoms with van der Waals surface area (Å²) in [5, 5.41) is 22.2. The van der Waals surface area contributed by atoms with Crippen LogP contribution in [0.2, 0.25) is 0 Å². The van der Waals surface area contributed by atoms with Crippen molar-refractivity contribution in [2.45, 2.75) is 73.5 Å². The molecule has 0 heterocycles. The summed E-state index contributed by atoms with van der Waals surface area (Å²) in [4.78, 5) is 10.7. The molecule has 0 aromatic carbocycles. The number of nitrogens with zero attached hydrogens (tertiary/aromatic N) is 1. The SMILES string of the molecule is CN(O[NH+]([O-])OC(C)(C)C(C)(C)C)C(C)(C)C(C)(C)CO. The first-order valence-corrected chi connectivity index (χ1v) is 7.34. The van der Waals surface area contributed by atoms with Crippen LogP contribution in [0.4, 0.5) is 0 Å². The molecule has 0 spiro atoms. The topological polar surface area (TPSA) is 69.4 Å². The Hall–Kier alpha value is -0.240. The van der Waals surface area contributed by atoms with Crippen molar-refractivity contribution in [2.24, 2.45) is 10.8 Å². The van der Waals surface area contributed by atoms with Crippen LogP contribution in [0.1, 0.15) is 62.3 Å². The molecule has 21 heavy (non-hydrogen) atoms. The van der Waals surface area contributed by atoms with Gasteiger partial charge in [0.2, 0.25) is 0 Å². The Bertz CT molecular complexity index is 335. The van der Waals surface area contributed by atoms with Crippen LogP contribution in [0.15, 0.2) is 0 Å². The lowest BCUT2D eigenvalue weighted by Gasteiger charge is -2.46. The van der Waals surface area contributed by atoms with Gasteiger partial charge in [-0.05, 0) is 33.1 Å². The summed E-state index contributed by atoms with van der Waals surface area (Å²) in [5.74, 6) is 0. The maximum absolute atomic E-state index is 12.0. The fourth-order valence-corrected chi connectivity index (χ4v) is 1.23. The molecule has 1 unspecified atom stereocenters. The van der Waals surface area contributed by atoms with Gasteiger partial charge in [0.15, 0.2) is 0 Å². The Morgan fingerprint density at radius 3 is 1.76 bits per heavy atom. The van der Waals surface area contributed by atoms with Crippen molar-refractivity contribution in [3.63, 3.8) is 0 Å². The molecule has 0 fully saturated rings. The van der Waals surface area contributed by atoms with Crippen LogP contribution in [0.25, 0.3) is 0 Å². The van der Waals surface area contributed by atoms with E-state index in [9.17, 15) is 10.3 Å². The summed E-state index contributed by atoms with van der Waals surface area (Å²) in [5.41, 5.74) is -1.85. The van der Waals surface area contributed by atoms with E-state index in [0.29, 0.717) is 0 Å². The summed E-state index contributed by atoms with van der Waals surface area (Å²) < 4.78 is 0. The summed E-state index contributed by atoms with van der Waals surface area (Å²) in [6.45, 7) is 17.4. The number of aliphatic hydroxyl groups is 1. The average molecular weight is 306 g/mol. The molecule has 6 nitrogen and oxygen atoms in total. The summed E-state index contributed by atoms with van der Waals surface area (Å²) >= 11 is 0. The molecule has 0 aliphatic heterocycles. The lowest BCUT2D eigenvalue weighted by molar-refractivity contribution is -1.24. The first kappa shape index (κ1) is 20.8. The lowest BCUT2D eigenvalue weighted by Crippen LogP contribution is -3.08. The third-order valence-corrected chi connectivity index (χ3v) is 5.19. The zero-order valence-corrected chi connectivity index (χ0v) is 15.3. The van der Waals surface area contributed by atoms with Crippen LogP contribution in [-0.4, -0.2) is 35.0 Å². The van der Waals surface area contributed by atoms with E-state index < -0.39 is 21.9 Å². The molecule has 0 saturated carbocycles. The predicted octanol–water partition coefficient (Wildman–Crippen LogP) is 1.70. The van der Waals surface area contributed by atoms with Gasteiger partial charge < -0.3 is 10.3 Å². The number of rotatable bonds is 7. The van der Waals surface area contributed by atoms with E-state index in [0.717, 1.165) is 0 Å². The van der Waals surface area contributed by atoms with Crippen molar-refractivity contribution in [3.8, 4) is 0 Å². The van der Waals surface area contributed by atoms with Crippen LogP contribution < -0.4 is 5.39 Å². The number of hydrogen-bond donors (Lipinski definition) is 2. The summed E-state index contributed by atoms with van der Waals surface area (Å²) in [7, 11) is 1.67. The first-order chi connectivity index (χ1) is 9.08. The van der Waals surface area contributed by atoms with E-state index >= 15 is 0 Å². The van der Waals surface area contributed by atoms with E-state index in [1.165, 1.54) is 5.06 Å². The number of quaternary nitrogens is 1. The van der Waals surface area contributed by atoms with Gasteiger partial charge in [0, 0.05) is 12.5 Å². The second-order valence-corrected chi connectivity index (χ2v) is 8.30. The minimum Gasteiger partial charge on any atom is -0.564 e. The molecule has 1 atom stereocenters. The van der Waals surface area contributed by atoms with Crippen molar-refractivity contribution >= 4 is 0 Å². The molecule has 0 aromatic rings. The van der Waals surface area contributed by atoms with Gasteiger partial charge in [-0.3, -0.25) is 0 Å². The van der Waals surface area contributed by atoms with Crippen molar-refractivity contribution < 1.29 is 20.3 Å². The highest BCUT2D eigenvalue weighted by atomic mass is 17.2. The summed E-state index contributed by atoms with van der Waals surface area (Å²) in [6.07, 6.45) is 0. The minimum atomic E-state index is -0.737. The maximum atomic E-state index is 12.0. The van der Waals surface area contributed by atoms with Crippen LogP contribution >= 0.6 is 0 Å². The van der Waals surface area contributed by atoms with E-state index in [2.05, 4.69) is 0 Å². The molecule has 0 radical (unpaired) electrons. The van der Waals surface area contributed by atoms with Crippen molar-refractivity contribution in [3.05, 3.63) is 5.21 Å². The normalized spacial score (nSPS) is 16.4. The first-order valence-electron chi connectivity index (χ1n) is 7.34. The second-order valence-electron chi connectivity index (χ2n) is 8.30. The van der Waals surface area contributed by atoms with Crippen LogP contribution in [-0.2, 0) is 9.78 Å². The molecule has 128 valence electrons. The third kappa shape index (κ3) is 4.87. The summed E-state index contributed by atoms with van der Waals surface area (Å²) in [6, 6.07) is 0. The molecule has 0 aromatic heterocycles. The highest BCUT2D eigenvalue weighted by Gasteiger charge is 2.43. The fraction of sp³-hybridized carbons (Fsp3) is 1.00. The molecule has 0 aliphatic carbocycles. The largest absolute Gasteiger partial charge is 0.564 e. The van der Waals surface area contributed by atoms with Crippen molar-refractivity contribution in [1.82, 2.24) is 5.06 Å². The molecular weight excluding hydrogens is 272 g/mol. The quantitative estimate of drug-likeness (QED) is 0.701. The number of hydroxylamine groups is 2. The molecule has 0 bridgehead atoms. The van der Waals surface area contributed by atoms with Gasteiger partial charge in [-0.25, -0.2) is 0 Å². The minimum absolute atomic E-state index is 0.0176. The van der Waals surface area contributed by atoms with E-state index in [-0.39, 0.29) is 12.0 Å². The van der Waals surface area contributed by atoms with Crippen molar-refractivity contribution in [2.75, 3.05) is 13.7 Å². The Balaban J connectivity index is 4.84. The van der Waals surface area contributed by atoms with Gasteiger partial charge in [-0.15, -0.1) is 5.06 Å². The van der Waals surface area contributed by atoms with E-state index in [1.807, 2.05) is 62.3 Å². The Kier molecular flexibility index (Phi) is 6.41. The molecule has 0 saturated heterocycles. The van der Waals surface area contributed by atoms with Gasteiger partial charge in [-0.1, -0.05) is 44.9 Å². The van der Waals surface area contributed by atoms with Gasteiger partial charge in [0.1, 0.15) is 5.60 Å². The van der Waals surface area contributed by atoms with Crippen LogP contribution in [0, 0.1) is 16.0 Å². The Morgan fingerprint density at radius 1 is 1.00 bits per heavy atom. The standard InChI is InChI=1S/C15H34N2O4/c1-12(2,3)15(8,9)20-17(19)21-16(10)14(6,7)13(4,5)11-18/h17-18H,11H2,1-10H3. The van der Waals surface area contributed by atoms with Gasteiger partial charge in [-0.2, -0.15) is 4.84 Å². The zero-order valence-electron chi connectivity index (χ0n) is 15.3. The highest BCUT2D eigenvalue weighted by molar-refractivity contribution is 4.91. The molecule has 0 aliphatic rings. The van der Waals surface area contributed by atoms with Crippen LogP contribution in [0.5, 0.6) is 0 Å². The lowest BCUT2D eigenvalue weighted by atomic mass is 9.75. The number of hydrogen-bond acceptors (Lipinski definition) is 5. The monoisotopic (exact) mass is 306 g/mol. The van der Waals surface area contributed by atoms with Gasteiger partial charge >= 0.3 is 0 Å². The fourth-order valence-electron chi connectivity index (χ4n) is 1.23. The third-order valence-electron chi connectivity index (χ3n) is 5.19. The second kappa shape index (κ2) is 6.48. The number of nitrogens with one attached hydrogen (secondary N) is 1. The van der Waals surface area contributed by atoms with E-state index in [1.54, 1.807) is 7.05 Å². The van der Waals surface area contributed by atoms with E-state index in [4.69, 9.17) is 9.78 Å². The molecule has 6 heteroatoms. The smallest absolute Gasteiger partial charge is 0.131 e. The molecule has 2 N–H and O–H groups in total. The maximum Gasteiger partial charge on any atom is 0.131 e. The molecular formula is C15H34N2O4. The average Bonchev–Trinajstić information content (AvgIpc) is 2.25. The van der Waals surface area contributed by atoms with Gasteiger partial charge in [0.25, 0.3) is 0 Å². The Labute approximate surface area is 129 Å². The van der Waals surface area contributed by atoms with Crippen LogP contribution in [0.3, 0.4) is 0 Å². The van der Waals surface area contributed by atoms with Gasteiger partial charge in [0.05, 0.1) is 12.1 Å². The highest BCUT2D eigenvalue weighted by Crippen LogP contribution is 2.34. The predicted molar refractivity (Wildman–Crippen MR) is 82.7 cm³/mol. The molecule has 0 amide bonds.